The number of pyridine rings is 1. The molecule has 1 aromatic rings. The lowest BCUT2D eigenvalue weighted by molar-refractivity contribution is -0.145. The molecule has 2 bridgehead atoms. The summed E-state index contributed by atoms with van der Waals surface area (Å²) < 4.78 is 10.5. The summed E-state index contributed by atoms with van der Waals surface area (Å²) in [6.45, 7) is 4.62. The lowest BCUT2D eigenvalue weighted by Gasteiger charge is -2.54. The molecular formula is C24H34N4O4. The highest BCUT2D eigenvalue weighted by atomic mass is 16.5. The SMILES string of the molecule is COc1ccc(C(=O)N2CCC(N3CC4CC(C3)[C@H]3CCCC(=O)N3C4)CC2)c(OC)n1. The Bertz CT molecular complexity index is 870. The highest BCUT2D eigenvalue weighted by Gasteiger charge is 2.45. The van der Waals surface area contributed by atoms with E-state index in [0.717, 1.165) is 58.4 Å². The first-order valence-corrected chi connectivity index (χ1v) is 12.0. The monoisotopic (exact) mass is 442 g/mol. The van der Waals surface area contributed by atoms with Gasteiger partial charge in [-0.05, 0) is 50.0 Å². The molecule has 5 rings (SSSR count). The van der Waals surface area contributed by atoms with Crippen molar-refractivity contribution in [1.82, 2.24) is 19.7 Å². The fourth-order valence-corrected chi connectivity index (χ4v) is 6.41. The van der Waals surface area contributed by atoms with Gasteiger partial charge in [0.1, 0.15) is 5.56 Å². The Hall–Kier alpha value is -2.35. The third kappa shape index (κ3) is 3.93. The summed E-state index contributed by atoms with van der Waals surface area (Å²) >= 11 is 0. The zero-order valence-electron chi connectivity index (χ0n) is 19.2. The molecule has 8 heteroatoms. The number of carbonyl (C=O) groups is 2. The summed E-state index contributed by atoms with van der Waals surface area (Å²) in [5.74, 6) is 2.31. The van der Waals surface area contributed by atoms with E-state index in [1.165, 1.54) is 20.0 Å². The van der Waals surface area contributed by atoms with Gasteiger partial charge in [0.25, 0.3) is 5.91 Å². The Morgan fingerprint density at radius 2 is 1.88 bits per heavy atom. The van der Waals surface area contributed by atoms with E-state index in [-0.39, 0.29) is 5.91 Å². The number of piperidine rings is 4. The van der Waals surface area contributed by atoms with Crippen molar-refractivity contribution >= 4 is 11.8 Å². The quantitative estimate of drug-likeness (QED) is 0.710. The first-order valence-electron chi connectivity index (χ1n) is 12.0. The first kappa shape index (κ1) is 21.5. The van der Waals surface area contributed by atoms with E-state index >= 15 is 0 Å². The molecule has 0 aliphatic carbocycles. The number of carbonyl (C=O) groups excluding carboxylic acids is 2. The van der Waals surface area contributed by atoms with Crippen LogP contribution in [0.25, 0.3) is 0 Å². The van der Waals surface area contributed by atoms with Gasteiger partial charge in [0.15, 0.2) is 0 Å². The topological polar surface area (TPSA) is 75.2 Å². The van der Waals surface area contributed by atoms with Crippen LogP contribution in [0.5, 0.6) is 11.8 Å². The zero-order valence-corrected chi connectivity index (χ0v) is 19.2. The van der Waals surface area contributed by atoms with Gasteiger partial charge in [-0.1, -0.05) is 0 Å². The molecular weight excluding hydrogens is 408 g/mol. The van der Waals surface area contributed by atoms with Gasteiger partial charge in [-0.25, -0.2) is 0 Å². The molecule has 0 spiro atoms. The average molecular weight is 443 g/mol. The fraction of sp³-hybridized carbons (Fsp3) is 0.708. The molecule has 0 saturated carbocycles. The number of fused-ring (bicyclic) bond motifs is 4. The van der Waals surface area contributed by atoms with Crippen LogP contribution in [-0.4, -0.2) is 90.5 Å². The summed E-state index contributed by atoms with van der Waals surface area (Å²) in [6.07, 6.45) is 6.20. The van der Waals surface area contributed by atoms with Crippen LogP contribution in [-0.2, 0) is 4.79 Å². The van der Waals surface area contributed by atoms with Crippen molar-refractivity contribution in [1.29, 1.82) is 0 Å². The molecule has 5 heterocycles. The third-order valence-corrected chi connectivity index (χ3v) is 7.94. The van der Waals surface area contributed by atoms with Crippen molar-refractivity contribution in [3.63, 3.8) is 0 Å². The van der Waals surface area contributed by atoms with Crippen LogP contribution >= 0.6 is 0 Å². The molecule has 174 valence electrons. The number of methoxy groups -OCH3 is 2. The molecule has 2 unspecified atom stereocenters. The van der Waals surface area contributed by atoms with Crippen LogP contribution in [0.15, 0.2) is 12.1 Å². The zero-order chi connectivity index (χ0) is 22.2. The molecule has 1 aromatic heterocycles. The number of ether oxygens (including phenoxy) is 2. The van der Waals surface area contributed by atoms with Crippen molar-refractivity contribution in [2.75, 3.05) is 46.9 Å². The van der Waals surface area contributed by atoms with E-state index in [4.69, 9.17) is 9.47 Å². The van der Waals surface area contributed by atoms with Crippen molar-refractivity contribution in [3.05, 3.63) is 17.7 Å². The maximum absolute atomic E-state index is 13.1. The molecule has 0 aromatic carbocycles. The van der Waals surface area contributed by atoms with Gasteiger partial charge < -0.3 is 19.3 Å². The Balaban J connectivity index is 1.20. The Morgan fingerprint density at radius 1 is 1.06 bits per heavy atom. The molecule has 8 nitrogen and oxygen atoms in total. The van der Waals surface area contributed by atoms with Crippen LogP contribution in [0.4, 0.5) is 0 Å². The largest absolute Gasteiger partial charge is 0.481 e. The summed E-state index contributed by atoms with van der Waals surface area (Å²) in [5.41, 5.74) is 0.487. The van der Waals surface area contributed by atoms with Gasteiger partial charge in [-0.3, -0.25) is 14.5 Å². The normalized spacial score (nSPS) is 28.9. The minimum Gasteiger partial charge on any atom is -0.481 e. The first-order chi connectivity index (χ1) is 15.6. The van der Waals surface area contributed by atoms with E-state index in [9.17, 15) is 9.59 Å². The Morgan fingerprint density at radius 3 is 2.62 bits per heavy atom. The highest BCUT2D eigenvalue weighted by molar-refractivity contribution is 5.96. The van der Waals surface area contributed by atoms with Crippen molar-refractivity contribution in [3.8, 4) is 11.8 Å². The minimum atomic E-state index is -0.0256. The number of hydrogen-bond acceptors (Lipinski definition) is 6. The highest BCUT2D eigenvalue weighted by Crippen LogP contribution is 2.39. The van der Waals surface area contributed by atoms with Gasteiger partial charge >= 0.3 is 0 Å². The number of aromatic nitrogens is 1. The fourth-order valence-electron chi connectivity index (χ4n) is 6.41. The maximum atomic E-state index is 13.1. The summed E-state index contributed by atoms with van der Waals surface area (Å²) in [5, 5.41) is 0. The van der Waals surface area contributed by atoms with Crippen LogP contribution < -0.4 is 9.47 Å². The lowest BCUT2D eigenvalue weighted by Crippen LogP contribution is -2.62. The third-order valence-electron chi connectivity index (χ3n) is 7.94. The lowest BCUT2D eigenvalue weighted by atomic mass is 9.75. The molecule has 2 amide bonds. The number of likely N-dealkylation sites (tertiary alicyclic amines) is 2. The molecule has 4 aliphatic rings. The number of amides is 2. The van der Waals surface area contributed by atoms with Crippen molar-refractivity contribution < 1.29 is 19.1 Å². The van der Waals surface area contributed by atoms with E-state index in [1.807, 2.05) is 4.90 Å². The molecule has 4 saturated heterocycles. The van der Waals surface area contributed by atoms with E-state index in [2.05, 4.69) is 14.8 Å². The van der Waals surface area contributed by atoms with E-state index in [1.54, 1.807) is 19.2 Å². The molecule has 3 atom stereocenters. The molecule has 0 N–H and O–H groups in total. The van der Waals surface area contributed by atoms with E-state index < -0.39 is 0 Å². The maximum Gasteiger partial charge on any atom is 0.259 e. The molecule has 4 fully saturated rings. The predicted octanol–water partition coefficient (Wildman–Crippen LogP) is 2.04. The summed E-state index contributed by atoms with van der Waals surface area (Å²) in [6, 6.07) is 4.41. The van der Waals surface area contributed by atoms with Crippen LogP contribution in [0.3, 0.4) is 0 Å². The summed E-state index contributed by atoms with van der Waals surface area (Å²) in [7, 11) is 3.07. The summed E-state index contributed by atoms with van der Waals surface area (Å²) in [4.78, 5) is 36.6. The van der Waals surface area contributed by atoms with E-state index in [0.29, 0.717) is 47.2 Å². The van der Waals surface area contributed by atoms with Crippen LogP contribution in [0.1, 0.15) is 48.9 Å². The van der Waals surface area contributed by atoms with Crippen LogP contribution in [0, 0.1) is 11.8 Å². The predicted molar refractivity (Wildman–Crippen MR) is 119 cm³/mol. The molecule has 0 radical (unpaired) electrons. The van der Waals surface area contributed by atoms with Crippen molar-refractivity contribution in [2.24, 2.45) is 11.8 Å². The standard InChI is InChI=1S/C24H34N4O4/c1-31-21-7-6-19(23(25-21)32-2)24(30)26-10-8-18(9-11-26)27-13-16-12-17(15-27)20-4-3-5-22(29)28(20)14-16/h6-7,16-18,20H,3-5,8-15H2,1-2H3/t16?,17?,20-/m1/s1. The van der Waals surface area contributed by atoms with Gasteiger partial charge in [0.05, 0.1) is 14.2 Å². The second kappa shape index (κ2) is 8.89. The number of rotatable bonds is 4. The molecule has 32 heavy (non-hydrogen) atoms. The van der Waals surface area contributed by atoms with Crippen LogP contribution in [0.2, 0.25) is 0 Å². The number of nitrogens with zero attached hydrogens (tertiary/aromatic N) is 4. The second-order valence-corrected chi connectivity index (χ2v) is 9.76. The minimum absolute atomic E-state index is 0.0256. The molecule has 4 aliphatic heterocycles. The van der Waals surface area contributed by atoms with Gasteiger partial charge in [-0.15, -0.1) is 0 Å². The smallest absolute Gasteiger partial charge is 0.259 e. The number of hydrogen-bond donors (Lipinski definition) is 0. The van der Waals surface area contributed by atoms with Gasteiger partial charge in [0.2, 0.25) is 17.7 Å². The van der Waals surface area contributed by atoms with Gasteiger partial charge in [0, 0.05) is 57.3 Å². The van der Waals surface area contributed by atoms with Gasteiger partial charge in [-0.2, -0.15) is 4.98 Å². The van der Waals surface area contributed by atoms with Crippen molar-refractivity contribution in [2.45, 2.75) is 50.6 Å². The Labute approximate surface area is 189 Å². The Kier molecular flexibility index (Phi) is 5.97. The average Bonchev–Trinajstić information content (AvgIpc) is 2.84. The second-order valence-electron chi connectivity index (χ2n) is 9.76.